The third-order valence-electron chi connectivity index (χ3n) is 8.76. The van der Waals surface area contributed by atoms with E-state index in [1.807, 2.05) is 78.9 Å². The minimum absolute atomic E-state index is 0.0825. The molecule has 8 aromatic rings. The van der Waals surface area contributed by atoms with Gasteiger partial charge in [0.05, 0.1) is 0 Å². The predicted molar refractivity (Wildman–Crippen MR) is 358 cm³/mol. The second kappa shape index (κ2) is 41.6. The van der Waals surface area contributed by atoms with Gasteiger partial charge in [-0.3, -0.25) is 0 Å². The van der Waals surface area contributed by atoms with Crippen LogP contribution in [-0.2, 0) is 30.5 Å². The van der Waals surface area contributed by atoms with Crippen molar-refractivity contribution in [3.8, 4) is 28.7 Å². The van der Waals surface area contributed by atoms with Crippen molar-refractivity contribution in [2.45, 2.75) is 69.6 Å². The second-order valence-electron chi connectivity index (χ2n) is 15.0. The number of phenols is 5. The first kappa shape index (κ1) is 74.6. The Morgan fingerprint density at radius 2 is 0.688 bits per heavy atom. The van der Waals surface area contributed by atoms with E-state index < -0.39 is 0 Å². The van der Waals surface area contributed by atoms with Crippen molar-refractivity contribution in [2.24, 2.45) is 0 Å². The Kier molecular flexibility index (Phi) is 40.3. The van der Waals surface area contributed by atoms with Crippen molar-refractivity contribution in [1.82, 2.24) is 0 Å². The zero-order chi connectivity index (χ0) is 58.4. The van der Waals surface area contributed by atoms with Crippen LogP contribution in [0.2, 0.25) is 0 Å². The van der Waals surface area contributed by atoms with Crippen LogP contribution in [0.3, 0.4) is 0 Å². The van der Waals surface area contributed by atoms with Crippen LogP contribution in [0.4, 0.5) is 0 Å². The minimum atomic E-state index is 0.0825. The van der Waals surface area contributed by atoms with Crippen LogP contribution in [0.5, 0.6) is 28.7 Å². The zero-order valence-electron chi connectivity index (χ0n) is 40.1. The average molecular weight is 1710 g/mol. The molecule has 0 bridgehead atoms. The van der Waals surface area contributed by atoms with Crippen molar-refractivity contribution in [3.63, 3.8) is 0 Å². The molecule has 8 N–H and O–H groups in total. The van der Waals surface area contributed by atoms with Crippen molar-refractivity contribution >= 4 is 256 Å². The summed E-state index contributed by atoms with van der Waals surface area (Å²) >= 11 is 52.2. The van der Waals surface area contributed by atoms with Gasteiger partial charge in [-0.05, 0) is 0 Å². The number of aliphatic hydroxyl groups is 3. The molecular formula is C53H58O8S8Se8. The van der Waals surface area contributed by atoms with E-state index in [0.717, 1.165) is 93.9 Å². The zero-order valence-corrected chi connectivity index (χ0v) is 62.3. The summed E-state index contributed by atoms with van der Waals surface area (Å²) in [6, 6.07) is 42.9. The molecule has 0 fully saturated rings. The molecule has 0 spiro atoms. The molecule has 0 amide bonds. The molecule has 0 atom stereocenters. The molecule has 0 heterocycles. The number of aliphatic hydroxyl groups excluding tert-OH is 3. The van der Waals surface area contributed by atoms with Crippen LogP contribution in [0.15, 0.2) is 185 Å². The first-order valence-electron chi connectivity index (χ1n) is 21.5. The summed E-state index contributed by atoms with van der Waals surface area (Å²) in [4.78, 5) is 6.66. The van der Waals surface area contributed by atoms with Crippen LogP contribution in [0, 0.1) is 0 Å². The van der Waals surface area contributed by atoms with Gasteiger partial charge in [-0.25, -0.2) is 0 Å². The summed E-state index contributed by atoms with van der Waals surface area (Å²) in [6.45, 7) is 0.263. The topological polar surface area (TPSA) is 162 Å². The first-order chi connectivity index (χ1) is 36.2. The first-order valence-corrected chi connectivity index (χ1v) is 33.3. The van der Waals surface area contributed by atoms with E-state index in [1.165, 1.54) is 5.56 Å². The molecule has 8 nitrogen and oxygen atoms in total. The molecule has 8 rings (SSSR count). The number of phenolic OH excluding ortho intramolecular Hbond substituents is 5. The maximum absolute atomic E-state index is 9.07. The van der Waals surface area contributed by atoms with Crippen LogP contribution in [-0.4, -0.2) is 169 Å². The van der Waals surface area contributed by atoms with E-state index in [9.17, 15) is 0 Å². The summed E-state index contributed by atoms with van der Waals surface area (Å²) in [5, 5.41) is 72.8. The third-order valence-corrected chi connectivity index (χ3v) is 18.8. The van der Waals surface area contributed by atoms with Gasteiger partial charge in [0, 0.05) is 0 Å². The van der Waals surface area contributed by atoms with Gasteiger partial charge in [-0.1, -0.05) is 0 Å². The SMILES string of the molecule is OCc1cc(S)cc([SeH])c1.OCc1ccc(S)c([SeH])c1.OCc1ccc([SeH])c(S)c1.Oc1cc(S)cc(C[SeH])c1.Oc1cc(S)cc([SeH])c1.Oc1ccc(C[SeH])cc1S.Oc1ccc(S)c([SeH])c1.Oc1ccc([SeH])c(S)c1. The Morgan fingerprint density at radius 3 is 1.12 bits per heavy atom. The Morgan fingerprint density at radius 1 is 0.286 bits per heavy atom. The molecule has 0 aliphatic heterocycles. The van der Waals surface area contributed by atoms with E-state index in [0.29, 0.717) is 4.90 Å². The predicted octanol–water partition coefficient (Wildman–Crippen LogP) is 2.77. The fourth-order valence-electron chi connectivity index (χ4n) is 5.10. The number of hydrogen-bond donors (Lipinski definition) is 16. The molecule has 24 heteroatoms. The number of thiol groups is 8. The molecule has 0 saturated heterocycles. The van der Waals surface area contributed by atoms with Crippen LogP contribution < -0.4 is 26.8 Å². The Hall–Kier alpha value is -0.404. The molecular weight excluding hydrogens is 1650 g/mol. The normalized spacial score (nSPS) is 9.75. The van der Waals surface area contributed by atoms with E-state index in [1.54, 1.807) is 66.7 Å². The Bertz CT molecular complexity index is 2760. The van der Waals surface area contributed by atoms with Gasteiger partial charge in [0.15, 0.2) is 0 Å². The molecule has 0 aromatic heterocycles. The summed E-state index contributed by atoms with van der Waals surface area (Å²) in [7, 11) is 0. The van der Waals surface area contributed by atoms with Crippen LogP contribution in [0.1, 0.15) is 27.8 Å². The average Bonchev–Trinajstić information content (AvgIpc) is 3.37. The van der Waals surface area contributed by atoms with Gasteiger partial charge >= 0.3 is 569 Å². The number of benzene rings is 8. The fraction of sp³-hybridized carbons (Fsp3) is 0.0943. The molecule has 0 saturated carbocycles. The number of hydrogen-bond acceptors (Lipinski definition) is 16. The molecule has 0 unspecified atom stereocenters. The maximum atomic E-state index is 9.07. The Labute approximate surface area is 561 Å². The van der Waals surface area contributed by atoms with Crippen LogP contribution >= 0.6 is 101 Å². The van der Waals surface area contributed by atoms with Crippen molar-refractivity contribution in [1.29, 1.82) is 0 Å². The summed E-state index contributed by atoms with van der Waals surface area (Å²) < 4.78 is 6.11. The van der Waals surface area contributed by atoms with E-state index in [-0.39, 0.29) is 48.6 Å². The number of rotatable bonds is 5. The van der Waals surface area contributed by atoms with Gasteiger partial charge in [-0.15, -0.1) is 0 Å². The molecule has 8 aromatic carbocycles. The van der Waals surface area contributed by atoms with E-state index in [4.69, 9.17) is 40.9 Å². The molecule has 0 aliphatic carbocycles. The molecule has 77 heavy (non-hydrogen) atoms. The quantitative estimate of drug-likeness (QED) is 0.0927. The standard InChI is InChI=1S/5C7H8OSSe.3C6H6OSSe/c8-6-1-5(4-10)2-7(9)3-6;8-4-5-1-6(9)3-7(10)2-5;8-4-5-1-2-7(10)6(9)3-5;8-6-2-1-5(4-10)3-7(6)9;8-4-5-1-2-6(9)7(10)3-5;7-4-1-5(8)3-6(9)2-4;7-4-1-2-6(9)5(8)3-4;7-4-1-2-5(8)6(9)3-4/h5*1-3,8-10H,4H2;3*1-3,7-9H. The van der Waals surface area contributed by atoms with Crippen LogP contribution in [0.25, 0.3) is 0 Å². The monoisotopic (exact) mass is 1720 g/mol. The fourth-order valence-corrected chi connectivity index (χ4v) is 10.9. The molecule has 0 radical (unpaired) electrons. The van der Waals surface area contributed by atoms with Gasteiger partial charge in [-0.2, -0.15) is 0 Å². The summed E-state index contributed by atoms with van der Waals surface area (Å²) in [6.07, 6.45) is 0. The summed E-state index contributed by atoms with van der Waals surface area (Å²) in [5.74, 6) is 1.33. The van der Waals surface area contributed by atoms with Gasteiger partial charge in [0.25, 0.3) is 0 Å². The molecule has 0 aliphatic rings. The second-order valence-corrected chi connectivity index (χ2v) is 26.5. The number of aromatic hydroxyl groups is 5. The van der Waals surface area contributed by atoms with Gasteiger partial charge in [0.2, 0.25) is 0 Å². The van der Waals surface area contributed by atoms with E-state index >= 15 is 0 Å². The van der Waals surface area contributed by atoms with Gasteiger partial charge < -0.3 is 0 Å². The van der Waals surface area contributed by atoms with Crippen molar-refractivity contribution < 1.29 is 40.9 Å². The van der Waals surface area contributed by atoms with Gasteiger partial charge in [0.1, 0.15) is 0 Å². The van der Waals surface area contributed by atoms with Crippen molar-refractivity contribution in [2.75, 3.05) is 0 Å². The third kappa shape index (κ3) is 33.5. The Balaban J connectivity index is 0.000000440. The molecule has 414 valence electrons. The summed E-state index contributed by atoms with van der Waals surface area (Å²) in [5.41, 5.74) is 4.99. The van der Waals surface area contributed by atoms with E-state index in [2.05, 4.69) is 229 Å². The van der Waals surface area contributed by atoms with Crippen molar-refractivity contribution in [3.05, 3.63) is 173 Å².